The Balaban J connectivity index is 1.15. The Morgan fingerprint density at radius 2 is 1.92 bits per heavy atom. The molecule has 0 bridgehead atoms. The van der Waals surface area contributed by atoms with E-state index in [0.29, 0.717) is 5.02 Å². The summed E-state index contributed by atoms with van der Waals surface area (Å²) in [5.41, 5.74) is 2.82. The predicted octanol–water partition coefficient (Wildman–Crippen LogP) is 3.28. The maximum absolute atomic E-state index is 5.95. The highest BCUT2D eigenvalue weighted by atomic mass is 35.5. The summed E-state index contributed by atoms with van der Waals surface area (Å²) in [7, 11) is 0. The highest BCUT2D eigenvalue weighted by molar-refractivity contribution is 6.30. The lowest BCUT2D eigenvalue weighted by Crippen LogP contribution is -2.30. The van der Waals surface area contributed by atoms with Crippen molar-refractivity contribution in [2.45, 2.75) is 12.8 Å². The Morgan fingerprint density at radius 3 is 2.69 bits per heavy atom. The lowest BCUT2D eigenvalue weighted by molar-refractivity contribution is 0.320. The van der Waals surface area contributed by atoms with Crippen LogP contribution in [0.3, 0.4) is 0 Å². The Kier molecular flexibility index (Phi) is 4.26. The van der Waals surface area contributed by atoms with Crippen molar-refractivity contribution in [3.63, 3.8) is 0 Å². The molecule has 1 aromatic heterocycles. The monoisotopic (exact) mass is 369 g/mol. The Morgan fingerprint density at radius 1 is 1.08 bits per heavy atom. The van der Waals surface area contributed by atoms with Gasteiger partial charge in [0.25, 0.3) is 0 Å². The van der Waals surface area contributed by atoms with Crippen molar-refractivity contribution in [3.05, 3.63) is 52.7 Å². The van der Waals surface area contributed by atoms with Crippen molar-refractivity contribution in [1.29, 1.82) is 0 Å². The molecule has 0 saturated carbocycles. The first-order chi connectivity index (χ1) is 12.7. The van der Waals surface area contributed by atoms with Gasteiger partial charge >= 0.3 is 0 Å². The van der Waals surface area contributed by atoms with E-state index >= 15 is 0 Å². The fraction of sp³-hybridized carbons (Fsp3) is 0.476. The largest absolute Gasteiger partial charge is 0.493 e. The highest BCUT2D eigenvalue weighted by Gasteiger charge is 2.40. The fourth-order valence-corrected chi connectivity index (χ4v) is 4.81. The summed E-state index contributed by atoms with van der Waals surface area (Å²) < 4.78 is 5.61. The molecule has 5 rings (SSSR count). The third kappa shape index (κ3) is 3.17. The molecule has 26 heavy (non-hydrogen) atoms. The molecule has 0 radical (unpaired) electrons. The number of ether oxygens (including phenoxy) is 1. The highest BCUT2D eigenvalue weighted by Crippen LogP contribution is 2.33. The summed E-state index contributed by atoms with van der Waals surface area (Å²) in [6.07, 6.45) is 3.94. The molecule has 5 heteroatoms. The van der Waals surface area contributed by atoms with Gasteiger partial charge in [-0.15, -0.1) is 0 Å². The second kappa shape index (κ2) is 6.75. The molecule has 3 aliphatic heterocycles. The molecule has 4 heterocycles. The van der Waals surface area contributed by atoms with Gasteiger partial charge in [0.2, 0.25) is 0 Å². The smallest absolute Gasteiger partial charge is 0.128 e. The molecule has 1 aromatic carbocycles. The van der Waals surface area contributed by atoms with Crippen LogP contribution >= 0.6 is 11.6 Å². The number of rotatable bonds is 4. The molecule has 0 aliphatic carbocycles. The van der Waals surface area contributed by atoms with Crippen molar-refractivity contribution in [3.8, 4) is 5.75 Å². The molecule has 4 nitrogen and oxygen atoms in total. The van der Waals surface area contributed by atoms with E-state index in [4.69, 9.17) is 16.3 Å². The van der Waals surface area contributed by atoms with Crippen molar-refractivity contribution >= 4 is 17.4 Å². The van der Waals surface area contributed by atoms with Crippen LogP contribution in [0.1, 0.15) is 11.1 Å². The average molecular weight is 370 g/mol. The molecular weight excluding hydrogens is 346 g/mol. The number of likely N-dealkylation sites (tertiary alicyclic amines) is 1. The van der Waals surface area contributed by atoms with E-state index < -0.39 is 0 Å². The fourth-order valence-electron chi connectivity index (χ4n) is 4.70. The lowest BCUT2D eigenvalue weighted by Gasteiger charge is -2.22. The standard InChI is InChI=1S/C21H24ClN3O/c22-19-2-4-21(23-10-19)25-13-17-11-24(12-18(17)14-25)7-5-15-1-3-20-16(9-15)6-8-26-20/h1-4,9-10,17-18H,5-8,11-14H2. The second-order valence-electron chi connectivity index (χ2n) is 7.81. The molecule has 2 unspecified atom stereocenters. The van der Waals surface area contributed by atoms with Gasteiger partial charge in [-0.2, -0.15) is 0 Å². The SMILES string of the molecule is Clc1ccc(N2CC3CN(CCc4ccc5c(c4)CCO5)CC3C2)nc1. The summed E-state index contributed by atoms with van der Waals surface area (Å²) in [6, 6.07) is 10.7. The summed E-state index contributed by atoms with van der Waals surface area (Å²) in [5, 5.41) is 0.706. The Hall–Kier alpha value is -1.78. The normalized spacial score (nSPS) is 24.6. The molecule has 3 aliphatic rings. The van der Waals surface area contributed by atoms with E-state index in [2.05, 4.69) is 33.0 Å². The maximum atomic E-state index is 5.95. The number of aromatic nitrogens is 1. The van der Waals surface area contributed by atoms with Gasteiger partial charge in [-0.1, -0.05) is 23.7 Å². The van der Waals surface area contributed by atoms with E-state index in [1.807, 2.05) is 12.1 Å². The lowest BCUT2D eigenvalue weighted by atomic mass is 10.0. The number of nitrogens with zero attached hydrogens (tertiary/aromatic N) is 3. The van der Waals surface area contributed by atoms with Crippen LogP contribution in [0, 0.1) is 11.8 Å². The Labute approximate surface area is 159 Å². The van der Waals surface area contributed by atoms with E-state index in [-0.39, 0.29) is 0 Å². The van der Waals surface area contributed by atoms with Gasteiger partial charge in [0, 0.05) is 45.3 Å². The topological polar surface area (TPSA) is 28.6 Å². The van der Waals surface area contributed by atoms with Crippen LogP contribution in [0.25, 0.3) is 0 Å². The van der Waals surface area contributed by atoms with Crippen LogP contribution in [0.2, 0.25) is 5.02 Å². The summed E-state index contributed by atoms with van der Waals surface area (Å²) >= 11 is 5.95. The number of benzene rings is 1. The quantitative estimate of drug-likeness (QED) is 0.827. The van der Waals surface area contributed by atoms with Crippen molar-refractivity contribution in [1.82, 2.24) is 9.88 Å². The van der Waals surface area contributed by atoms with Gasteiger partial charge in [-0.05, 0) is 47.6 Å². The zero-order valence-electron chi connectivity index (χ0n) is 14.9. The van der Waals surface area contributed by atoms with Crippen LogP contribution in [0.4, 0.5) is 5.82 Å². The summed E-state index contributed by atoms with van der Waals surface area (Å²) in [4.78, 5) is 9.55. The predicted molar refractivity (Wildman–Crippen MR) is 104 cm³/mol. The van der Waals surface area contributed by atoms with Crippen LogP contribution in [-0.4, -0.2) is 49.2 Å². The van der Waals surface area contributed by atoms with Crippen LogP contribution < -0.4 is 9.64 Å². The van der Waals surface area contributed by atoms with Gasteiger partial charge in [0.05, 0.1) is 11.6 Å². The van der Waals surface area contributed by atoms with Crippen molar-refractivity contribution in [2.24, 2.45) is 11.8 Å². The molecule has 2 aromatic rings. The average Bonchev–Trinajstić information content (AvgIpc) is 3.34. The number of anilines is 1. The van der Waals surface area contributed by atoms with Crippen LogP contribution in [-0.2, 0) is 12.8 Å². The molecule has 0 amide bonds. The number of halogens is 1. The Bertz CT molecular complexity index is 780. The third-order valence-electron chi connectivity index (χ3n) is 6.07. The molecule has 136 valence electrons. The van der Waals surface area contributed by atoms with Crippen molar-refractivity contribution < 1.29 is 4.74 Å². The first kappa shape index (κ1) is 16.4. The van der Waals surface area contributed by atoms with Crippen LogP contribution in [0.5, 0.6) is 5.75 Å². The first-order valence-corrected chi connectivity index (χ1v) is 9.96. The molecule has 2 atom stereocenters. The van der Waals surface area contributed by atoms with Gasteiger partial charge in [-0.3, -0.25) is 0 Å². The summed E-state index contributed by atoms with van der Waals surface area (Å²) in [5.74, 6) is 3.68. The minimum absolute atomic E-state index is 0.706. The van der Waals surface area contributed by atoms with Gasteiger partial charge in [0.15, 0.2) is 0 Å². The number of fused-ring (bicyclic) bond motifs is 2. The van der Waals surface area contributed by atoms with E-state index in [1.165, 1.54) is 24.2 Å². The zero-order chi connectivity index (χ0) is 17.5. The molecule has 0 N–H and O–H groups in total. The summed E-state index contributed by atoms with van der Waals surface area (Å²) in [6.45, 7) is 6.66. The number of pyridine rings is 1. The minimum Gasteiger partial charge on any atom is -0.493 e. The van der Waals surface area contributed by atoms with E-state index in [0.717, 1.165) is 62.5 Å². The molecule has 2 fully saturated rings. The number of hydrogen-bond acceptors (Lipinski definition) is 4. The van der Waals surface area contributed by atoms with Crippen molar-refractivity contribution in [2.75, 3.05) is 44.2 Å². The van der Waals surface area contributed by atoms with E-state index in [1.54, 1.807) is 6.20 Å². The molecular formula is C21H24ClN3O. The third-order valence-corrected chi connectivity index (χ3v) is 6.29. The molecule has 0 spiro atoms. The minimum atomic E-state index is 0.706. The number of hydrogen-bond donors (Lipinski definition) is 0. The maximum Gasteiger partial charge on any atom is 0.128 e. The van der Waals surface area contributed by atoms with Gasteiger partial charge in [0.1, 0.15) is 11.6 Å². The van der Waals surface area contributed by atoms with Crippen LogP contribution in [0.15, 0.2) is 36.5 Å². The zero-order valence-corrected chi connectivity index (χ0v) is 15.7. The first-order valence-electron chi connectivity index (χ1n) is 9.58. The van der Waals surface area contributed by atoms with Gasteiger partial charge < -0.3 is 14.5 Å². The second-order valence-corrected chi connectivity index (χ2v) is 8.25. The van der Waals surface area contributed by atoms with Gasteiger partial charge in [-0.25, -0.2) is 4.98 Å². The molecule has 2 saturated heterocycles. The van der Waals surface area contributed by atoms with E-state index in [9.17, 15) is 0 Å².